The molecule has 0 spiro atoms. The first-order chi connectivity index (χ1) is 17.9. The van der Waals surface area contributed by atoms with Gasteiger partial charge in [0.15, 0.2) is 6.10 Å². The molecule has 0 bridgehead atoms. The van der Waals surface area contributed by atoms with E-state index < -0.39 is 16.1 Å². The fourth-order valence-corrected chi connectivity index (χ4v) is 5.96. The van der Waals surface area contributed by atoms with Gasteiger partial charge in [-0.1, -0.05) is 54.1 Å². The third-order valence-electron chi connectivity index (χ3n) is 6.64. The summed E-state index contributed by atoms with van der Waals surface area (Å²) in [6.07, 6.45) is -0.976. The Balaban J connectivity index is 1.26. The third-order valence-corrected chi connectivity index (χ3v) is 8.43. The van der Waals surface area contributed by atoms with Gasteiger partial charge < -0.3 is 14.8 Å². The molecule has 3 aromatic rings. The number of ether oxygens (including phenoxy) is 2. The highest BCUT2D eigenvalue weighted by atomic mass is 32.2. The zero-order chi connectivity index (χ0) is 25.8. The Bertz CT molecular complexity index is 1340. The van der Waals surface area contributed by atoms with Gasteiger partial charge in [0.2, 0.25) is 0 Å². The summed E-state index contributed by atoms with van der Waals surface area (Å²) < 4.78 is 39.6. The first kappa shape index (κ1) is 25.3. The number of anilines is 1. The van der Waals surface area contributed by atoms with Gasteiger partial charge in [0.1, 0.15) is 5.75 Å². The molecule has 1 atom stereocenters. The second kappa shape index (κ2) is 10.9. The number of fused-ring (bicyclic) bond motifs is 1. The molecule has 37 heavy (non-hydrogen) atoms. The van der Waals surface area contributed by atoms with E-state index in [9.17, 15) is 13.2 Å². The van der Waals surface area contributed by atoms with Crippen molar-refractivity contribution in [2.24, 2.45) is 0 Å². The first-order valence-electron chi connectivity index (χ1n) is 12.4. The molecule has 2 aliphatic heterocycles. The number of nitrogens with one attached hydrogen (secondary N) is 1. The largest absolute Gasteiger partial charge is 0.476 e. The summed E-state index contributed by atoms with van der Waals surface area (Å²) in [5.74, 6) is -0.00643. The molecule has 1 saturated heterocycles. The standard InChI is InChI=1S/C28H31N3O5S/c1-21-6-12-24(13-7-21)37(33,34)31-20-27(36-26-5-3-2-4-25(26)31)28(32)29-18-22-8-10-23(11-9-22)19-30-14-16-35-17-15-30/h2-13,27H,14-20H2,1H3,(H,29,32)/t27-/m1/s1. The second-order valence-electron chi connectivity index (χ2n) is 9.35. The molecule has 194 valence electrons. The summed E-state index contributed by atoms with van der Waals surface area (Å²) in [7, 11) is -3.88. The number of carbonyl (C=O) groups excluding carboxylic acids is 1. The summed E-state index contributed by atoms with van der Waals surface area (Å²) in [6.45, 7) is 6.37. The summed E-state index contributed by atoms with van der Waals surface area (Å²) in [6, 6.07) is 21.7. The van der Waals surface area contributed by atoms with Crippen molar-refractivity contribution >= 4 is 21.6 Å². The Morgan fingerprint density at radius 3 is 2.35 bits per heavy atom. The average Bonchev–Trinajstić information content (AvgIpc) is 2.92. The van der Waals surface area contributed by atoms with Gasteiger partial charge in [-0.25, -0.2) is 8.42 Å². The lowest BCUT2D eigenvalue weighted by molar-refractivity contribution is -0.127. The zero-order valence-electron chi connectivity index (χ0n) is 20.8. The SMILES string of the molecule is Cc1ccc(S(=O)(=O)N2C[C@H](C(=O)NCc3ccc(CN4CCOCC4)cc3)Oc3ccccc32)cc1. The van der Waals surface area contributed by atoms with Crippen LogP contribution in [0, 0.1) is 6.92 Å². The van der Waals surface area contributed by atoms with E-state index in [0.717, 1.165) is 44.0 Å². The summed E-state index contributed by atoms with van der Waals surface area (Å²) in [5.41, 5.74) is 3.55. The molecular formula is C28H31N3O5S. The molecule has 2 heterocycles. The molecule has 0 radical (unpaired) electrons. The number of sulfonamides is 1. The molecule has 1 fully saturated rings. The molecule has 1 N–H and O–H groups in total. The molecule has 5 rings (SSSR count). The van der Waals surface area contributed by atoms with Gasteiger partial charge in [0, 0.05) is 26.2 Å². The molecule has 3 aromatic carbocycles. The van der Waals surface area contributed by atoms with Crippen LogP contribution in [0.1, 0.15) is 16.7 Å². The predicted octanol–water partition coefficient (Wildman–Crippen LogP) is 3.10. The first-order valence-corrected chi connectivity index (χ1v) is 13.8. The Labute approximate surface area is 217 Å². The number of morpholine rings is 1. The lowest BCUT2D eigenvalue weighted by Crippen LogP contribution is -2.50. The second-order valence-corrected chi connectivity index (χ2v) is 11.2. The number of para-hydroxylation sites is 2. The summed E-state index contributed by atoms with van der Waals surface area (Å²) in [5, 5.41) is 2.91. The molecule has 8 nitrogen and oxygen atoms in total. The minimum Gasteiger partial charge on any atom is -0.476 e. The number of benzene rings is 3. The number of rotatable bonds is 7. The normalized spacial score (nSPS) is 18.1. The van der Waals surface area contributed by atoms with Gasteiger partial charge in [0.25, 0.3) is 15.9 Å². The van der Waals surface area contributed by atoms with E-state index in [1.807, 2.05) is 19.1 Å². The maximum absolute atomic E-state index is 13.5. The highest BCUT2D eigenvalue weighted by Gasteiger charge is 2.37. The van der Waals surface area contributed by atoms with Gasteiger partial charge >= 0.3 is 0 Å². The van der Waals surface area contributed by atoms with E-state index in [4.69, 9.17) is 9.47 Å². The number of aryl methyl sites for hydroxylation is 1. The van der Waals surface area contributed by atoms with Crippen molar-refractivity contribution in [3.8, 4) is 5.75 Å². The van der Waals surface area contributed by atoms with Crippen molar-refractivity contribution < 1.29 is 22.7 Å². The maximum Gasteiger partial charge on any atom is 0.264 e. The van der Waals surface area contributed by atoms with Crippen LogP contribution >= 0.6 is 0 Å². The number of hydrogen-bond acceptors (Lipinski definition) is 6. The minimum atomic E-state index is -3.88. The Kier molecular flexibility index (Phi) is 7.45. The van der Waals surface area contributed by atoms with Crippen LogP contribution in [-0.4, -0.2) is 58.2 Å². The van der Waals surface area contributed by atoms with Crippen LogP contribution in [0.25, 0.3) is 0 Å². The molecule has 1 amide bonds. The fraction of sp³-hybridized carbons (Fsp3) is 0.321. The number of hydrogen-bond donors (Lipinski definition) is 1. The van der Waals surface area contributed by atoms with Gasteiger partial charge in [-0.2, -0.15) is 0 Å². The average molecular weight is 522 g/mol. The Hall–Kier alpha value is -3.40. The maximum atomic E-state index is 13.5. The molecule has 9 heteroatoms. The quantitative estimate of drug-likeness (QED) is 0.514. The molecular weight excluding hydrogens is 490 g/mol. The van der Waals surface area contributed by atoms with Gasteiger partial charge in [0.05, 0.1) is 30.3 Å². The van der Waals surface area contributed by atoms with E-state index in [2.05, 4.69) is 22.3 Å². The zero-order valence-corrected chi connectivity index (χ0v) is 21.6. The van der Waals surface area contributed by atoms with Crippen molar-refractivity contribution in [1.29, 1.82) is 0 Å². The monoisotopic (exact) mass is 521 g/mol. The third kappa shape index (κ3) is 5.79. The minimum absolute atomic E-state index is 0.114. The van der Waals surface area contributed by atoms with E-state index in [1.54, 1.807) is 48.5 Å². The number of amides is 1. The van der Waals surface area contributed by atoms with Crippen LogP contribution in [0.15, 0.2) is 77.7 Å². The van der Waals surface area contributed by atoms with Crippen LogP contribution in [0.5, 0.6) is 5.75 Å². The van der Waals surface area contributed by atoms with E-state index >= 15 is 0 Å². The fourth-order valence-electron chi connectivity index (χ4n) is 4.49. The topological polar surface area (TPSA) is 88.2 Å². The van der Waals surface area contributed by atoms with E-state index in [0.29, 0.717) is 18.0 Å². The van der Waals surface area contributed by atoms with Crippen molar-refractivity contribution in [1.82, 2.24) is 10.2 Å². The Morgan fingerprint density at radius 2 is 1.62 bits per heavy atom. The highest BCUT2D eigenvalue weighted by Crippen LogP contribution is 2.36. The van der Waals surface area contributed by atoms with Gasteiger partial charge in [-0.05, 0) is 42.3 Å². The number of carbonyl (C=O) groups is 1. The number of nitrogens with zero attached hydrogens (tertiary/aromatic N) is 2. The van der Waals surface area contributed by atoms with Crippen molar-refractivity contribution in [3.63, 3.8) is 0 Å². The lowest BCUT2D eigenvalue weighted by Gasteiger charge is -2.34. The predicted molar refractivity (Wildman–Crippen MR) is 141 cm³/mol. The van der Waals surface area contributed by atoms with E-state index in [-0.39, 0.29) is 17.3 Å². The van der Waals surface area contributed by atoms with Crippen LogP contribution in [-0.2, 0) is 32.6 Å². The van der Waals surface area contributed by atoms with Crippen LogP contribution in [0.2, 0.25) is 0 Å². The molecule has 0 unspecified atom stereocenters. The van der Waals surface area contributed by atoms with Crippen molar-refractivity contribution in [3.05, 3.63) is 89.5 Å². The highest BCUT2D eigenvalue weighted by molar-refractivity contribution is 7.92. The van der Waals surface area contributed by atoms with Crippen LogP contribution < -0.4 is 14.4 Å². The molecule has 0 aliphatic carbocycles. The van der Waals surface area contributed by atoms with Crippen LogP contribution in [0.4, 0.5) is 5.69 Å². The molecule has 2 aliphatic rings. The van der Waals surface area contributed by atoms with Crippen molar-refractivity contribution in [2.75, 3.05) is 37.2 Å². The van der Waals surface area contributed by atoms with E-state index in [1.165, 1.54) is 9.87 Å². The lowest BCUT2D eigenvalue weighted by atomic mass is 10.1. The van der Waals surface area contributed by atoms with Gasteiger partial charge in [-0.3, -0.25) is 14.0 Å². The summed E-state index contributed by atoms with van der Waals surface area (Å²) >= 11 is 0. The smallest absolute Gasteiger partial charge is 0.264 e. The molecule has 0 saturated carbocycles. The molecule has 0 aromatic heterocycles. The van der Waals surface area contributed by atoms with Crippen molar-refractivity contribution in [2.45, 2.75) is 31.0 Å². The van der Waals surface area contributed by atoms with Gasteiger partial charge in [-0.15, -0.1) is 0 Å². The summed E-state index contributed by atoms with van der Waals surface area (Å²) in [4.78, 5) is 15.6. The Morgan fingerprint density at radius 1 is 0.946 bits per heavy atom. The van der Waals surface area contributed by atoms with Crippen LogP contribution in [0.3, 0.4) is 0 Å².